The molecule has 0 aliphatic carbocycles. The van der Waals surface area contributed by atoms with E-state index in [1.807, 2.05) is 60.7 Å². The lowest BCUT2D eigenvalue weighted by Crippen LogP contribution is -2.18. The van der Waals surface area contributed by atoms with Gasteiger partial charge >= 0.3 is 0 Å². The molecule has 0 radical (unpaired) electrons. The highest BCUT2D eigenvalue weighted by molar-refractivity contribution is 6.02. The van der Waals surface area contributed by atoms with Crippen LogP contribution in [-0.4, -0.2) is 18.7 Å². The van der Waals surface area contributed by atoms with Crippen LogP contribution in [0.5, 0.6) is 5.75 Å². The largest absolute Gasteiger partial charge is 0.493 e. The Labute approximate surface area is 159 Å². The summed E-state index contributed by atoms with van der Waals surface area (Å²) in [6.07, 6.45) is 3.70. The Hall–Kier alpha value is -3.14. The molecule has 0 bridgehead atoms. The van der Waals surface area contributed by atoms with Crippen LogP contribution in [0.15, 0.2) is 71.8 Å². The standard InChI is InChI=1S/C23H24N2O2/c1-2-16-27-22-14-13-19-10-6-7-11-20(19)21(22)17-24-25-23(26)15-12-18-8-4-3-5-9-18/h3-11,13-14,17H,2,12,15-16H2,1H3,(H,25,26)/b24-17-. The van der Waals surface area contributed by atoms with Crippen LogP contribution in [0.2, 0.25) is 0 Å². The highest BCUT2D eigenvalue weighted by Crippen LogP contribution is 2.26. The second-order valence-electron chi connectivity index (χ2n) is 6.33. The van der Waals surface area contributed by atoms with Crippen molar-refractivity contribution in [1.82, 2.24) is 5.43 Å². The highest BCUT2D eigenvalue weighted by atomic mass is 16.5. The minimum Gasteiger partial charge on any atom is -0.493 e. The fraction of sp³-hybridized carbons (Fsp3) is 0.217. The van der Waals surface area contributed by atoms with Gasteiger partial charge in [0, 0.05) is 12.0 Å². The van der Waals surface area contributed by atoms with E-state index in [1.165, 1.54) is 0 Å². The zero-order valence-corrected chi connectivity index (χ0v) is 15.5. The van der Waals surface area contributed by atoms with E-state index >= 15 is 0 Å². The van der Waals surface area contributed by atoms with Crippen molar-refractivity contribution in [2.45, 2.75) is 26.2 Å². The molecule has 0 fully saturated rings. The van der Waals surface area contributed by atoms with Crippen molar-refractivity contribution in [2.75, 3.05) is 6.61 Å². The van der Waals surface area contributed by atoms with Gasteiger partial charge in [-0.05, 0) is 35.2 Å². The maximum Gasteiger partial charge on any atom is 0.240 e. The van der Waals surface area contributed by atoms with Gasteiger partial charge in [-0.3, -0.25) is 4.79 Å². The molecule has 0 saturated carbocycles. The predicted molar refractivity (Wildman–Crippen MR) is 110 cm³/mol. The van der Waals surface area contributed by atoms with Gasteiger partial charge in [0.05, 0.1) is 12.8 Å². The zero-order chi connectivity index (χ0) is 18.9. The molecule has 0 heterocycles. The van der Waals surface area contributed by atoms with Crippen LogP contribution in [0.25, 0.3) is 10.8 Å². The lowest BCUT2D eigenvalue weighted by molar-refractivity contribution is -0.121. The van der Waals surface area contributed by atoms with Crippen molar-refractivity contribution >= 4 is 22.9 Å². The predicted octanol–water partition coefficient (Wildman–Crippen LogP) is 4.71. The topological polar surface area (TPSA) is 50.7 Å². The summed E-state index contributed by atoms with van der Waals surface area (Å²) in [5, 5.41) is 6.33. The fourth-order valence-corrected chi connectivity index (χ4v) is 2.87. The van der Waals surface area contributed by atoms with E-state index in [-0.39, 0.29) is 5.91 Å². The number of rotatable bonds is 8. The third kappa shape index (κ3) is 5.17. The molecule has 3 rings (SSSR count). The first kappa shape index (κ1) is 18.6. The number of ether oxygens (including phenoxy) is 1. The molecule has 4 heteroatoms. The smallest absolute Gasteiger partial charge is 0.240 e. The third-order valence-corrected chi connectivity index (χ3v) is 4.26. The first-order valence-electron chi connectivity index (χ1n) is 9.28. The molecule has 0 unspecified atom stereocenters. The lowest BCUT2D eigenvalue weighted by atomic mass is 10.0. The fourth-order valence-electron chi connectivity index (χ4n) is 2.87. The number of benzene rings is 3. The molecule has 4 nitrogen and oxygen atoms in total. The Morgan fingerprint density at radius 2 is 1.81 bits per heavy atom. The van der Waals surface area contributed by atoms with Crippen LogP contribution in [0, 0.1) is 0 Å². The first-order chi connectivity index (χ1) is 13.3. The third-order valence-electron chi connectivity index (χ3n) is 4.26. The average Bonchev–Trinajstić information content (AvgIpc) is 2.72. The Bertz CT molecular complexity index is 920. The minimum atomic E-state index is -0.105. The van der Waals surface area contributed by atoms with Gasteiger partial charge in [0.15, 0.2) is 0 Å². The van der Waals surface area contributed by atoms with E-state index in [1.54, 1.807) is 6.21 Å². The molecule has 0 aliphatic rings. The number of carbonyl (C=O) groups is 1. The minimum absolute atomic E-state index is 0.105. The molecule has 3 aromatic rings. The number of nitrogens with one attached hydrogen (secondary N) is 1. The van der Waals surface area contributed by atoms with Crippen molar-refractivity contribution in [3.63, 3.8) is 0 Å². The molecule has 27 heavy (non-hydrogen) atoms. The van der Waals surface area contributed by atoms with E-state index in [4.69, 9.17) is 4.74 Å². The van der Waals surface area contributed by atoms with Crippen molar-refractivity contribution in [3.8, 4) is 5.75 Å². The summed E-state index contributed by atoms with van der Waals surface area (Å²) in [5.74, 6) is 0.671. The summed E-state index contributed by atoms with van der Waals surface area (Å²) >= 11 is 0. The van der Waals surface area contributed by atoms with E-state index < -0.39 is 0 Å². The van der Waals surface area contributed by atoms with Gasteiger partial charge in [0.25, 0.3) is 0 Å². The summed E-state index contributed by atoms with van der Waals surface area (Å²) < 4.78 is 5.85. The van der Waals surface area contributed by atoms with Crippen LogP contribution < -0.4 is 10.2 Å². The van der Waals surface area contributed by atoms with E-state index in [0.717, 1.165) is 34.1 Å². The maximum absolute atomic E-state index is 12.1. The molecule has 0 aromatic heterocycles. The number of carbonyl (C=O) groups excluding carboxylic acids is 1. The van der Waals surface area contributed by atoms with Crippen molar-refractivity contribution in [2.24, 2.45) is 5.10 Å². The lowest BCUT2D eigenvalue weighted by Gasteiger charge is -2.11. The molecule has 0 atom stereocenters. The Morgan fingerprint density at radius 1 is 1.04 bits per heavy atom. The van der Waals surface area contributed by atoms with Crippen LogP contribution in [0.4, 0.5) is 0 Å². The zero-order valence-electron chi connectivity index (χ0n) is 15.5. The molecule has 138 valence electrons. The SMILES string of the molecule is CCCOc1ccc2ccccc2c1/C=N\NC(=O)CCc1ccccc1. The van der Waals surface area contributed by atoms with Crippen LogP contribution in [0.3, 0.4) is 0 Å². The quantitative estimate of drug-likeness (QED) is 0.467. The summed E-state index contributed by atoms with van der Waals surface area (Å²) in [7, 11) is 0. The van der Waals surface area contributed by atoms with Crippen molar-refractivity contribution in [3.05, 3.63) is 77.9 Å². The van der Waals surface area contributed by atoms with Gasteiger partial charge in [-0.2, -0.15) is 5.10 Å². The van der Waals surface area contributed by atoms with E-state index in [2.05, 4.69) is 23.5 Å². The molecule has 1 N–H and O–H groups in total. The number of amides is 1. The maximum atomic E-state index is 12.1. The van der Waals surface area contributed by atoms with Crippen LogP contribution in [-0.2, 0) is 11.2 Å². The van der Waals surface area contributed by atoms with Crippen molar-refractivity contribution in [1.29, 1.82) is 0 Å². The molecular formula is C23H24N2O2. The van der Waals surface area contributed by atoms with Gasteiger partial charge in [-0.25, -0.2) is 5.43 Å². The molecule has 3 aromatic carbocycles. The normalized spacial score (nSPS) is 11.0. The molecule has 0 spiro atoms. The van der Waals surface area contributed by atoms with E-state index in [9.17, 15) is 4.79 Å². The van der Waals surface area contributed by atoms with Crippen molar-refractivity contribution < 1.29 is 9.53 Å². The van der Waals surface area contributed by atoms with E-state index in [0.29, 0.717) is 19.4 Å². The van der Waals surface area contributed by atoms with Gasteiger partial charge in [0.1, 0.15) is 5.75 Å². The second kappa shape index (κ2) is 9.53. The first-order valence-corrected chi connectivity index (χ1v) is 9.28. The number of hydrogen-bond acceptors (Lipinski definition) is 3. The Kier molecular flexibility index (Phi) is 6.58. The average molecular weight is 360 g/mol. The number of nitrogens with zero attached hydrogens (tertiary/aromatic N) is 1. The second-order valence-corrected chi connectivity index (χ2v) is 6.33. The number of hydrazone groups is 1. The van der Waals surface area contributed by atoms with Gasteiger partial charge in [0.2, 0.25) is 5.91 Å². The summed E-state index contributed by atoms with van der Waals surface area (Å²) in [5.41, 5.74) is 4.64. The van der Waals surface area contributed by atoms with Gasteiger partial charge in [-0.1, -0.05) is 67.6 Å². The number of aryl methyl sites for hydroxylation is 1. The Balaban J connectivity index is 1.69. The Morgan fingerprint density at radius 3 is 2.63 bits per heavy atom. The number of fused-ring (bicyclic) bond motifs is 1. The van der Waals surface area contributed by atoms with Crippen LogP contribution in [0.1, 0.15) is 30.9 Å². The van der Waals surface area contributed by atoms with Gasteiger partial charge < -0.3 is 4.74 Å². The monoisotopic (exact) mass is 360 g/mol. The highest BCUT2D eigenvalue weighted by Gasteiger charge is 2.07. The molecule has 1 amide bonds. The summed E-state index contributed by atoms with van der Waals surface area (Å²) in [6, 6.07) is 22.0. The number of hydrogen-bond donors (Lipinski definition) is 1. The summed E-state index contributed by atoms with van der Waals surface area (Å²) in [4.78, 5) is 12.1. The van der Waals surface area contributed by atoms with Crippen LogP contribution >= 0.6 is 0 Å². The molecular weight excluding hydrogens is 336 g/mol. The molecule has 0 saturated heterocycles. The summed E-state index contributed by atoms with van der Waals surface area (Å²) in [6.45, 7) is 2.71. The molecule has 0 aliphatic heterocycles. The van der Waals surface area contributed by atoms with Gasteiger partial charge in [-0.15, -0.1) is 0 Å².